The largest absolute Gasteiger partial charge is 0.342 e. The van der Waals surface area contributed by atoms with Crippen LogP contribution in [0, 0.1) is 0 Å². The Kier molecular flexibility index (Phi) is 3.36. The van der Waals surface area contributed by atoms with Gasteiger partial charge in [-0.2, -0.15) is 0 Å². The number of primary amides is 1. The summed E-state index contributed by atoms with van der Waals surface area (Å²) in [6, 6.07) is 6.79. The van der Waals surface area contributed by atoms with E-state index in [4.69, 9.17) is 0 Å². The van der Waals surface area contributed by atoms with Crippen molar-refractivity contribution in [2.45, 2.75) is 6.92 Å². The number of anilines is 1. The van der Waals surface area contributed by atoms with Gasteiger partial charge in [0.05, 0.1) is 12.6 Å². The summed E-state index contributed by atoms with van der Waals surface area (Å²) in [5, 5.41) is 4.14. The predicted molar refractivity (Wildman–Crippen MR) is 52.9 cm³/mol. The molecule has 0 unspecified atom stereocenters. The standard InChI is InChI=1S/C10H12N2O2/c1-7(13)12-9-5-3-8(4-6-9)10(14)11-2/h3-6H,1-2H3,(H,11,14)(H,12,13)/p+1. The van der Waals surface area contributed by atoms with E-state index in [2.05, 4.69) is 5.32 Å². The number of amides is 2. The van der Waals surface area contributed by atoms with Crippen LogP contribution in [-0.2, 0) is 4.79 Å². The number of nitrogens with two attached hydrogens (primary N) is 1. The monoisotopic (exact) mass is 193 g/mol. The Labute approximate surface area is 82.3 Å². The molecule has 0 aliphatic rings. The lowest BCUT2D eigenvalue weighted by Gasteiger charge is -2.01. The second-order valence-electron chi connectivity index (χ2n) is 2.91. The summed E-state index contributed by atoms with van der Waals surface area (Å²) in [5.41, 5.74) is 1.33. The summed E-state index contributed by atoms with van der Waals surface area (Å²) >= 11 is 0. The molecule has 0 saturated heterocycles. The van der Waals surface area contributed by atoms with E-state index in [0.717, 1.165) is 0 Å². The van der Waals surface area contributed by atoms with Gasteiger partial charge in [0.1, 0.15) is 0 Å². The Balaban J connectivity index is 2.78. The van der Waals surface area contributed by atoms with Crippen LogP contribution >= 0.6 is 0 Å². The molecule has 0 spiro atoms. The van der Waals surface area contributed by atoms with E-state index in [0.29, 0.717) is 11.3 Å². The second-order valence-corrected chi connectivity index (χ2v) is 2.91. The highest BCUT2D eigenvalue weighted by atomic mass is 16.2. The van der Waals surface area contributed by atoms with Crippen LogP contribution in [0.1, 0.15) is 17.3 Å². The number of rotatable bonds is 2. The molecule has 1 aromatic rings. The molecule has 4 heteroatoms. The molecule has 1 rings (SSSR count). The Hall–Kier alpha value is -1.68. The van der Waals surface area contributed by atoms with Crippen LogP contribution in [0.3, 0.4) is 0 Å². The molecule has 0 bridgehead atoms. The molecule has 1 aromatic carbocycles. The SMILES string of the molecule is C[NH2+]C(=O)c1ccc(NC(C)=O)cc1. The second kappa shape index (κ2) is 4.53. The number of hydrogen-bond acceptors (Lipinski definition) is 2. The quantitative estimate of drug-likeness (QED) is 0.693. The zero-order valence-electron chi connectivity index (χ0n) is 8.20. The van der Waals surface area contributed by atoms with Crippen molar-refractivity contribution in [1.82, 2.24) is 0 Å². The van der Waals surface area contributed by atoms with Gasteiger partial charge < -0.3 is 5.32 Å². The summed E-state index contributed by atoms with van der Waals surface area (Å²) in [5.74, 6) is -0.134. The molecule has 0 radical (unpaired) electrons. The van der Waals surface area contributed by atoms with Gasteiger partial charge in [-0.25, -0.2) is 4.79 Å². The first-order chi connectivity index (χ1) is 6.63. The van der Waals surface area contributed by atoms with Crippen molar-refractivity contribution in [3.05, 3.63) is 29.8 Å². The summed E-state index contributed by atoms with van der Waals surface area (Å²) in [6.45, 7) is 1.44. The fourth-order valence-electron chi connectivity index (χ4n) is 1.09. The lowest BCUT2D eigenvalue weighted by atomic mass is 10.2. The normalized spacial score (nSPS) is 9.57. The first kappa shape index (κ1) is 10.4. The Morgan fingerprint density at radius 3 is 2.21 bits per heavy atom. The van der Waals surface area contributed by atoms with Crippen molar-refractivity contribution in [2.75, 3.05) is 12.4 Å². The number of hydrogen-bond donors (Lipinski definition) is 2. The van der Waals surface area contributed by atoms with Crippen LogP contribution in [-0.4, -0.2) is 18.9 Å². The fourth-order valence-corrected chi connectivity index (χ4v) is 1.09. The van der Waals surface area contributed by atoms with Gasteiger partial charge in [-0.1, -0.05) is 0 Å². The third-order valence-corrected chi connectivity index (χ3v) is 1.75. The fraction of sp³-hybridized carbons (Fsp3) is 0.200. The maximum absolute atomic E-state index is 11.2. The molecule has 2 amide bonds. The van der Waals surface area contributed by atoms with Gasteiger partial charge in [0.15, 0.2) is 0 Å². The summed E-state index contributed by atoms with van der Waals surface area (Å²) < 4.78 is 0. The van der Waals surface area contributed by atoms with Gasteiger partial charge in [0.25, 0.3) is 0 Å². The molecule has 0 fully saturated rings. The lowest BCUT2D eigenvalue weighted by molar-refractivity contribution is -0.523. The Morgan fingerprint density at radius 2 is 1.79 bits per heavy atom. The van der Waals surface area contributed by atoms with E-state index in [-0.39, 0.29) is 11.8 Å². The first-order valence-electron chi connectivity index (χ1n) is 4.35. The zero-order chi connectivity index (χ0) is 10.6. The smallest absolute Gasteiger partial charge is 0.326 e. The van der Waals surface area contributed by atoms with Crippen molar-refractivity contribution >= 4 is 17.5 Å². The third-order valence-electron chi connectivity index (χ3n) is 1.75. The molecule has 0 atom stereocenters. The lowest BCUT2D eigenvalue weighted by Crippen LogP contribution is -2.83. The topological polar surface area (TPSA) is 62.8 Å². The van der Waals surface area contributed by atoms with Crippen LogP contribution in [0.25, 0.3) is 0 Å². The number of benzene rings is 1. The van der Waals surface area contributed by atoms with E-state index >= 15 is 0 Å². The van der Waals surface area contributed by atoms with Crippen molar-refractivity contribution in [3.63, 3.8) is 0 Å². The summed E-state index contributed by atoms with van der Waals surface area (Å²) in [6.07, 6.45) is 0. The third kappa shape index (κ3) is 2.67. The van der Waals surface area contributed by atoms with Gasteiger partial charge in [0, 0.05) is 12.6 Å². The van der Waals surface area contributed by atoms with E-state index in [1.54, 1.807) is 31.3 Å². The molecule has 0 heterocycles. The minimum atomic E-state index is -0.119. The van der Waals surface area contributed by atoms with Crippen molar-refractivity contribution in [3.8, 4) is 0 Å². The average Bonchev–Trinajstić information content (AvgIpc) is 2.17. The number of carbonyl (C=O) groups excluding carboxylic acids is 2. The van der Waals surface area contributed by atoms with Crippen LogP contribution < -0.4 is 10.6 Å². The molecule has 3 N–H and O–H groups in total. The van der Waals surface area contributed by atoms with Gasteiger partial charge in [-0.05, 0) is 24.3 Å². The highest BCUT2D eigenvalue weighted by Gasteiger charge is 2.06. The van der Waals surface area contributed by atoms with E-state index in [9.17, 15) is 9.59 Å². The minimum absolute atomic E-state index is 0.0145. The predicted octanol–water partition coefficient (Wildman–Crippen LogP) is -0.0216. The summed E-state index contributed by atoms with van der Waals surface area (Å²) in [4.78, 5) is 21.9. The molecule has 14 heavy (non-hydrogen) atoms. The molecule has 0 saturated carbocycles. The Bertz CT molecular complexity index is 344. The molecular formula is C10H13N2O2+. The molecule has 0 aliphatic heterocycles. The molecule has 4 nitrogen and oxygen atoms in total. The van der Waals surface area contributed by atoms with Crippen molar-refractivity contribution in [2.24, 2.45) is 0 Å². The van der Waals surface area contributed by atoms with E-state index < -0.39 is 0 Å². The van der Waals surface area contributed by atoms with Gasteiger partial charge in [-0.15, -0.1) is 0 Å². The van der Waals surface area contributed by atoms with Crippen LogP contribution in [0.15, 0.2) is 24.3 Å². The Morgan fingerprint density at radius 1 is 1.21 bits per heavy atom. The van der Waals surface area contributed by atoms with Crippen LogP contribution in [0.2, 0.25) is 0 Å². The average molecular weight is 193 g/mol. The van der Waals surface area contributed by atoms with Gasteiger partial charge in [0.2, 0.25) is 5.91 Å². The van der Waals surface area contributed by atoms with Gasteiger partial charge in [-0.3, -0.25) is 10.1 Å². The maximum Gasteiger partial charge on any atom is 0.342 e. The molecular weight excluding hydrogens is 180 g/mol. The van der Waals surface area contributed by atoms with Crippen LogP contribution in [0.4, 0.5) is 5.69 Å². The van der Waals surface area contributed by atoms with Gasteiger partial charge >= 0.3 is 5.91 Å². The van der Waals surface area contributed by atoms with Crippen molar-refractivity contribution in [1.29, 1.82) is 0 Å². The molecule has 74 valence electrons. The van der Waals surface area contributed by atoms with Crippen molar-refractivity contribution < 1.29 is 14.9 Å². The number of quaternary nitrogens is 1. The summed E-state index contributed by atoms with van der Waals surface area (Å²) in [7, 11) is 1.70. The first-order valence-corrected chi connectivity index (χ1v) is 4.35. The van der Waals surface area contributed by atoms with E-state index in [1.807, 2.05) is 0 Å². The molecule has 0 aliphatic carbocycles. The minimum Gasteiger partial charge on any atom is -0.326 e. The van der Waals surface area contributed by atoms with E-state index in [1.165, 1.54) is 12.2 Å². The number of carbonyl (C=O) groups is 2. The molecule has 0 aromatic heterocycles. The highest BCUT2D eigenvalue weighted by Crippen LogP contribution is 2.08. The number of nitrogens with one attached hydrogen (secondary N) is 1. The zero-order valence-corrected chi connectivity index (χ0v) is 8.20. The highest BCUT2D eigenvalue weighted by molar-refractivity contribution is 5.90. The maximum atomic E-state index is 11.2. The van der Waals surface area contributed by atoms with Crippen LogP contribution in [0.5, 0.6) is 0 Å².